The lowest BCUT2D eigenvalue weighted by Crippen LogP contribution is -2.33. The van der Waals surface area contributed by atoms with Crippen molar-refractivity contribution in [2.75, 3.05) is 11.1 Å². The third-order valence-electron chi connectivity index (χ3n) is 5.55. The maximum atomic E-state index is 12.8. The minimum atomic E-state index is -0.377. The number of halogens is 2. The van der Waals surface area contributed by atoms with E-state index in [9.17, 15) is 9.59 Å². The highest BCUT2D eigenvalue weighted by Gasteiger charge is 2.26. The number of nitrogens with zero attached hydrogens (tertiary/aromatic N) is 3. The Morgan fingerprint density at radius 3 is 2.50 bits per heavy atom. The molecule has 0 unspecified atom stereocenters. The highest BCUT2D eigenvalue weighted by molar-refractivity contribution is 9.10. The number of carbonyl (C=O) groups excluding carboxylic acids is 2. The number of aromatic nitrogens is 3. The second-order valence-corrected chi connectivity index (χ2v) is 10.5. The van der Waals surface area contributed by atoms with Crippen LogP contribution in [-0.4, -0.2) is 32.3 Å². The molecule has 2 N–H and O–H groups in total. The Balaban J connectivity index is 1.69. The molecule has 34 heavy (non-hydrogen) atoms. The van der Waals surface area contributed by atoms with Gasteiger partial charge in [-0.3, -0.25) is 9.59 Å². The number of nitrogens with one attached hydrogen (secondary N) is 2. The fraction of sp³-hybridized carbons (Fsp3) is 0.333. The van der Waals surface area contributed by atoms with Crippen LogP contribution in [0.2, 0.25) is 5.02 Å². The van der Waals surface area contributed by atoms with Gasteiger partial charge in [-0.25, -0.2) is 0 Å². The van der Waals surface area contributed by atoms with Crippen molar-refractivity contribution in [3.05, 3.63) is 68.4 Å². The van der Waals surface area contributed by atoms with Crippen LogP contribution in [0.1, 0.15) is 47.2 Å². The summed E-state index contributed by atoms with van der Waals surface area (Å²) in [6, 6.07) is 10.3. The molecule has 1 aromatic heterocycles. The Morgan fingerprint density at radius 2 is 1.82 bits per heavy atom. The number of amides is 2. The fourth-order valence-corrected chi connectivity index (χ4v) is 4.72. The second kappa shape index (κ2) is 11.4. The Kier molecular flexibility index (Phi) is 8.78. The van der Waals surface area contributed by atoms with Crippen molar-refractivity contribution < 1.29 is 9.59 Å². The average molecular weight is 565 g/mol. The monoisotopic (exact) mass is 563 g/mol. The predicted octanol–water partition coefficient (Wildman–Crippen LogP) is 5.71. The summed E-state index contributed by atoms with van der Waals surface area (Å²) in [6.07, 6.45) is 0. The van der Waals surface area contributed by atoms with E-state index < -0.39 is 0 Å². The van der Waals surface area contributed by atoms with E-state index in [1.807, 2.05) is 51.4 Å². The number of thioether (sulfide) groups is 1. The molecule has 2 amide bonds. The number of rotatable bonds is 8. The van der Waals surface area contributed by atoms with Crippen molar-refractivity contribution in [2.45, 2.75) is 38.9 Å². The molecule has 180 valence electrons. The molecule has 0 aliphatic heterocycles. The van der Waals surface area contributed by atoms with Crippen LogP contribution >= 0.6 is 39.3 Å². The van der Waals surface area contributed by atoms with Crippen LogP contribution in [0, 0.1) is 19.8 Å². The van der Waals surface area contributed by atoms with E-state index in [-0.39, 0.29) is 29.5 Å². The number of hydrogen-bond acceptors (Lipinski definition) is 5. The molecule has 0 spiro atoms. The van der Waals surface area contributed by atoms with Crippen LogP contribution in [0.3, 0.4) is 0 Å². The molecule has 2 aromatic carbocycles. The van der Waals surface area contributed by atoms with Crippen molar-refractivity contribution >= 4 is 56.8 Å². The smallest absolute Gasteiger partial charge is 0.253 e. The van der Waals surface area contributed by atoms with E-state index in [1.54, 1.807) is 24.3 Å². The topological polar surface area (TPSA) is 88.9 Å². The normalized spacial score (nSPS) is 12.0. The molecule has 10 heteroatoms. The first-order valence-corrected chi connectivity index (χ1v) is 12.9. The third-order valence-corrected chi connectivity index (χ3v) is 7.75. The van der Waals surface area contributed by atoms with Gasteiger partial charge >= 0.3 is 0 Å². The molecule has 0 radical (unpaired) electrons. The maximum Gasteiger partial charge on any atom is 0.253 e. The highest BCUT2D eigenvalue weighted by Crippen LogP contribution is 2.27. The summed E-state index contributed by atoms with van der Waals surface area (Å²) in [5.41, 5.74) is 3.29. The van der Waals surface area contributed by atoms with E-state index in [4.69, 9.17) is 11.6 Å². The van der Waals surface area contributed by atoms with Crippen LogP contribution in [0.4, 0.5) is 5.69 Å². The van der Waals surface area contributed by atoms with Gasteiger partial charge in [-0.1, -0.05) is 65.3 Å². The molecule has 0 aliphatic rings. The van der Waals surface area contributed by atoms with Crippen molar-refractivity contribution in [3.8, 4) is 0 Å². The van der Waals surface area contributed by atoms with Gasteiger partial charge in [0.2, 0.25) is 5.91 Å². The van der Waals surface area contributed by atoms with Crippen molar-refractivity contribution in [1.82, 2.24) is 20.1 Å². The van der Waals surface area contributed by atoms with E-state index in [0.717, 1.165) is 21.3 Å². The first-order chi connectivity index (χ1) is 16.1. The van der Waals surface area contributed by atoms with Gasteiger partial charge in [0, 0.05) is 17.2 Å². The van der Waals surface area contributed by atoms with Gasteiger partial charge in [0.25, 0.3) is 5.91 Å². The summed E-state index contributed by atoms with van der Waals surface area (Å²) in [6.45, 7) is 7.96. The summed E-state index contributed by atoms with van der Waals surface area (Å²) in [5.74, 6) is 0.434. The summed E-state index contributed by atoms with van der Waals surface area (Å²) in [7, 11) is 1.83. The summed E-state index contributed by atoms with van der Waals surface area (Å²) >= 11 is 11.0. The molecule has 0 fully saturated rings. The van der Waals surface area contributed by atoms with Crippen molar-refractivity contribution in [2.24, 2.45) is 13.0 Å². The van der Waals surface area contributed by atoms with Gasteiger partial charge in [-0.2, -0.15) is 0 Å². The maximum absolute atomic E-state index is 12.8. The molecular weight excluding hydrogens is 538 g/mol. The molecule has 0 aliphatic carbocycles. The second-order valence-electron chi connectivity index (χ2n) is 8.26. The first kappa shape index (κ1) is 26.2. The van der Waals surface area contributed by atoms with Gasteiger partial charge in [-0.15, -0.1) is 10.2 Å². The lowest BCUT2D eigenvalue weighted by Gasteiger charge is -2.22. The minimum Gasteiger partial charge on any atom is -0.342 e. The number of carbonyl (C=O) groups is 2. The number of benzene rings is 2. The van der Waals surface area contributed by atoms with Gasteiger partial charge < -0.3 is 15.2 Å². The summed E-state index contributed by atoms with van der Waals surface area (Å²) in [5, 5.41) is 15.5. The quantitative estimate of drug-likeness (QED) is 0.342. The molecule has 1 heterocycles. The Bertz CT molecular complexity index is 1210. The molecule has 0 saturated carbocycles. The number of hydrogen-bond donors (Lipinski definition) is 2. The third kappa shape index (κ3) is 6.00. The van der Waals surface area contributed by atoms with E-state index in [1.165, 1.54) is 11.8 Å². The largest absolute Gasteiger partial charge is 0.342 e. The average Bonchev–Trinajstić information content (AvgIpc) is 3.16. The van der Waals surface area contributed by atoms with Gasteiger partial charge in [0.15, 0.2) is 11.0 Å². The lowest BCUT2D eigenvalue weighted by molar-refractivity contribution is -0.113. The Hall–Kier alpha value is -2.36. The van der Waals surface area contributed by atoms with Crippen LogP contribution < -0.4 is 10.6 Å². The predicted molar refractivity (Wildman–Crippen MR) is 140 cm³/mol. The summed E-state index contributed by atoms with van der Waals surface area (Å²) in [4.78, 5) is 25.4. The fourth-order valence-electron chi connectivity index (χ4n) is 3.36. The van der Waals surface area contributed by atoms with Crippen LogP contribution in [0.15, 0.2) is 46.0 Å². The van der Waals surface area contributed by atoms with Crippen LogP contribution in [-0.2, 0) is 11.8 Å². The molecule has 7 nitrogen and oxygen atoms in total. The van der Waals surface area contributed by atoms with Gasteiger partial charge in [0.05, 0.1) is 22.4 Å². The molecular formula is C24H27BrClN5O2S. The van der Waals surface area contributed by atoms with Crippen LogP contribution in [0.25, 0.3) is 0 Å². The SMILES string of the molecule is Cc1c(Br)ccc(NC(=O)CSc2nnc([C@@H](NC(=O)c3ccccc3Cl)C(C)C)n2C)c1C. The molecule has 3 aromatic rings. The van der Waals surface area contributed by atoms with E-state index in [0.29, 0.717) is 21.6 Å². The van der Waals surface area contributed by atoms with E-state index in [2.05, 4.69) is 36.8 Å². The van der Waals surface area contributed by atoms with Crippen LogP contribution in [0.5, 0.6) is 0 Å². The summed E-state index contributed by atoms with van der Waals surface area (Å²) < 4.78 is 2.81. The van der Waals surface area contributed by atoms with E-state index >= 15 is 0 Å². The van der Waals surface area contributed by atoms with Crippen molar-refractivity contribution in [3.63, 3.8) is 0 Å². The zero-order chi connectivity index (χ0) is 25.0. The van der Waals surface area contributed by atoms with Gasteiger partial charge in [-0.05, 0) is 55.2 Å². The zero-order valence-electron chi connectivity index (χ0n) is 19.6. The molecule has 0 saturated heterocycles. The van der Waals surface area contributed by atoms with Crippen molar-refractivity contribution in [1.29, 1.82) is 0 Å². The first-order valence-electron chi connectivity index (χ1n) is 10.7. The van der Waals surface area contributed by atoms with Gasteiger partial charge in [0.1, 0.15) is 0 Å². The minimum absolute atomic E-state index is 0.0547. The molecule has 1 atom stereocenters. The zero-order valence-corrected chi connectivity index (χ0v) is 22.8. The Labute approximate surface area is 217 Å². The Morgan fingerprint density at radius 1 is 1.12 bits per heavy atom. The standard InChI is InChI=1S/C24H27BrClN5O2S/c1-13(2)21(28-23(33)16-8-6-7-9-18(16)26)22-29-30-24(31(22)5)34-12-20(32)27-19-11-10-17(25)14(3)15(19)4/h6-11,13,21H,12H2,1-5H3,(H,27,32)(H,28,33)/t21-/m0/s1. The lowest BCUT2D eigenvalue weighted by atomic mass is 10.0. The highest BCUT2D eigenvalue weighted by atomic mass is 79.9. The molecule has 3 rings (SSSR count). The number of anilines is 1. The molecule has 0 bridgehead atoms.